The Bertz CT molecular complexity index is 355. The molecule has 6 nitrogen and oxygen atoms in total. The Kier molecular flexibility index (Phi) is 2.91. The number of rotatable bonds is 3. The quantitative estimate of drug-likeness (QED) is 0.684. The smallest absolute Gasteiger partial charge is 0.240 e. The zero-order valence-corrected chi connectivity index (χ0v) is 9.36. The van der Waals surface area contributed by atoms with Crippen LogP contribution in [0.1, 0.15) is 44.5 Å². The fraction of sp³-hybridized carbons (Fsp3) is 0.700. The number of hydrogen-bond donors (Lipinski definition) is 3. The van der Waals surface area contributed by atoms with E-state index in [0.717, 1.165) is 25.7 Å². The summed E-state index contributed by atoms with van der Waals surface area (Å²) in [5, 5.41) is 9.34. The summed E-state index contributed by atoms with van der Waals surface area (Å²) < 4.78 is 0. The summed E-state index contributed by atoms with van der Waals surface area (Å²) >= 11 is 0. The molecule has 0 aromatic carbocycles. The largest absolute Gasteiger partial charge is 0.345 e. The lowest BCUT2D eigenvalue weighted by Gasteiger charge is -2.24. The first-order valence-electron chi connectivity index (χ1n) is 5.57. The summed E-state index contributed by atoms with van der Waals surface area (Å²) in [5.74, 6) is 0.559. The zero-order valence-electron chi connectivity index (χ0n) is 9.36. The lowest BCUT2D eigenvalue weighted by Crippen LogP contribution is -2.52. The molecule has 0 saturated heterocycles. The van der Waals surface area contributed by atoms with Gasteiger partial charge in [0.15, 0.2) is 0 Å². The average Bonchev–Trinajstić information content (AvgIpc) is 2.88. The van der Waals surface area contributed by atoms with Crippen LogP contribution in [0.2, 0.25) is 0 Å². The van der Waals surface area contributed by atoms with Gasteiger partial charge in [-0.2, -0.15) is 5.10 Å². The van der Waals surface area contributed by atoms with E-state index in [1.54, 1.807) is 0 Å². The first-order chi connectivity index (χ1) is 7.62. The van der Waals surface area contributed by atoms with Crippen molar-refractivity contribution in [1.29, 1.82) is 0 Å². The third kappa shape index (κ3) is 2.06. The van der Waals surface area contributed by atoms with E-state index in [-0.39, 0.29) is 11.9 Å². The standard InChI is InChI=1S/C10H17N5O/c1-7(8-12-6-13-15-8)14-9(16)10(11)4-2-3-5-10/h6-7H,2-5,11H2,1H3,(H,14,16)(H,12,13,15). The number of hydrogen-bond acceptors (Lipinski definition) is 4. The van der Waals surface area contributed by atoms with Gasteiger partial charge in [-0.05, 0) is 19.8 Å². The number of nitrogens with one attached hydrogen (secondary N) is 2. The molecule has 1 aliphatic rings. The highest BCUT2D eigenvalue weighted by atomic mass is 16.2. The molecule has 4 N–H and O–H groups in total. The lowest BCUT2D eigenvalue weighted by molar-refractivity contribution is -0.126. The third-order valence-electron chi connectivity index (χ3n) is 3.14. The zero-order chi connectivity index (χ0) is 11.6. The van der Waals surface area contributed by atoms with Crippen molar-refractivity contribution in [1.82, 2.24) is 20.5 Å². The Morgan fingerprint density at radius 3 is 2.88 bits per heavy atom. The van der Waals surface area contributed by atoms with E-state index in [0.29, 0.717) is 5.82 Å². The van der Waals surface area contributed by atoms with Crippen LogP contribution in [0, 0.1) is 0 Å². The van der Waals surface area contributed by atoms with Crippen LogP contribution in [-0.4, -0.2) is 26.6 Å². The molecular formula is C10H17N5O. The minimum Gasteiger partial charge on any atom is -0.345 e. The molecule has 1 heterocycles. The summed E-state index contributed by atoms with van der Waals surface area (Å²) in [4.78, 5) is 16.0. The van der Waals surface area contributed by atoms with Gasteiger partial charge in [-0.3, -0.25) is 9.89 Å². The molecule has 1 amide bonds. The van der Waals surface area contributed by atoms with E-state index in [1.807, 2.05) is 6.92 Å². The molecule has 1 fully saturated rings. The second-order valence-electron chi connectivity index (χ2n) is 4.43. The number of amides is 1. The normalized spacial score (nSPS) is 20.6. The van der Waals surface area contributed by atoms with E-state index in [1.165, 1.54) is 6.33 Å². The molecule has 0 radical (unpaired) electrons. The summed E-state index contributed by atoms with van der Waals surface area (Å²) in [6, 6.07) is -0.184. The van der Waals surface area contributed by atoms with Crippen molar-refractivity contribution in [2.75, 3.05) is 0 Å². The fourth-order valence-corrected chi connectivity index (χ4v) is 2.07. The Balaban J connectivity index is 1.97. The van der Waals surface area contributed by atoms with Crippen molar-refractivity contribution in [3.05, 3.63) is 12.2 Å². The van der Waals surface area contributed by atoms with Crippen molar-refractivity contribution < 1.29 is 4.79 Å². The Morgan fingerprint density at radius 2 is 2.31 bits per heavy atom. The van der Waals surface area contributed by atoms with Gasteiger partial charge in [-0.25, -0.2) is 4.98 Å². The average molecular weight is 223 g/mol. The van der Waals surface area contributed by atoms with Crippen molar-refractivity contribution in [2.45, 2.75) is 44.2 Å². The Labute approximate surface area is 94.0 Å². The molecule has 1 saturated carbocycles. The van der Waals surface area contributed by atoms with Crippen LogP contribution in [0.3, 0.4) is 0 Å². The van der Waals surface area contributed by atoms with Crippen molar-refractivity contribution >= 4 is 5.91 Å². The van der Waals surface area contributed by atoms with Gasteiger partial charge in [-0.15, -0.1) is 0 Å². The SMILES string of the molecule is CC(NC(=O)C1(N)CCCC1)c1ncn[nH]1. The molecule has 6 heteroatoms. The van der Waals surface area contributed by atoms with E-state index in [4.69, 9.17) is 5.73 Å². The Morgan fingerprint density at radius 1 is 1.62 bits per heavy atom. The molecule has 1 aromatic rings. The van der Waals surface area contributed by atoms with E-state index in [9.17, 15) is 4.79 Å². The van der Waals surface area contributed by atoms with Crippen LogP contribution in [0.15, 0.2) is 6.33 Å². The predicted octanol–water partition coefficient (Wildman–Crippen LogP) is 0.253. The molecular weight excluding hydrogens is 206 g/mol. The van der Waals surface area contributed by atoms with Gasteiger partial charge in [0.05, 0.1) is 11.6 Å². The van der Waals surface area contributed by atoms with Gasteiger partial charge in [0.25, 0.3) is 0 Å². The number of carbonyl (C=O) groups is 1. The van der Waals surface area contributed by atoms with E-state index >= 15 is 0 Å². The maximum absolute atomic E-state index is 12.0. The summed E-state index contributed by atoms with van der Waals surface area (Å²) in [6.07, 6.45) is 5.01. The minimum absolute atomic E-state index is 0.0890. The first kappa shape index (κ1) is 11.1. The number of H-pyrrole nitrogens is 1. The van der Waals surface area contributed by atoms with Crippen molar-refractivity contribution in [2.24, 2.45) is 5.73 Å². The molecule has 2 rings (SSSR count). The third-order valence-corrected chi connectivity index (χ3v) is 3.14. The number of nitrogens with zero attached hydrogens (tertiary/aromatic N) is 2. The van der Waals surface area contributed by atoms with Crippen LogP contribution in [0.5, 0.6) is 0 Å². The number of nitrogens with two attached hydrogens (primary N) is 1. The molecule has 16 heavy (non-hydrogen) atoms. The highest BCUT2D eigenvalue weighted by Gasteiger charge is 2.37. The molecule has 0 bridgehead atoms. The lowest BCUT2D eigenvalue weighted by atomic mass is 9.98. The van der Waals surface area contributed by atoms with Crippen LogP contribution in [0.4, 0.5) is 0 Å². The molecule has 1 atom stereocenters. The van der Waals surface area contributed by atoms with Gasteiger partial charge in [0, 0.05) is 0 Å². The van der Waals surface area contributed by atoms with Crippen molar-refractivity contribution in [3.8, 4) is 0 Å². The van der Waals surface area contributed by atoms with Crippen LogP contribution >= 0.6 is 0 Å². The molecule has 0 spiro atoms. The molecule has 0 aliphatic heterocycles. The second-order valence-corrected chi connectivity index (χ2v) is 4.43. The van der Waals surface area contributed by atoms with Gasteiger partial charge < -0.3 is 11.1 Å². The first-order valence-corrected chi connectivity index (χ1v) is 5.57. The van der Waals surface area contributed by atoms with Gasteiger partial charge in [-0.1, -0.05) is 12.8 Å². The van der Waals surface area contributed by atoms with Crippen LogP contribution in [0.25, 0.3) is 0 Å². The summed E-state index contributed by atoms with van der Waals surface area (Å²) in [7, 11) is 0. The molecule has 1 unspecified atom stereocenters. The van der Waals surface area contributed by atoms with Crippen LogP contribution < -0.4 is 11.1 Å². The predicted molar refractivity (Wildman–Crippen MR) is 58.3 cm³/mol. The monoisotopic (exact) mass is 223 g/mol. The number of aromatic nitrogens is 3. The highest BCUT2D eigenvalue weighted by molar-refractivity contribution is 5.86. The van der Waals surface area contributed by atoms with Gasteiger partial charge in [0.2, 0.25) is 5.91 Å². The maximum Gasteiger partial charge on any atom is 0.240 e. The topological polar surface area (TPSA) is 96.7 Å². The van der Waals surface area contributed by atoms with Crippen molar-refractivity contribution in [3.63, 3.8) is 0 Å². The van der Waals surface area contributed by atoms with Gasteiger partial charge in [0.1, 0.15) is 12.2 Å². The summed E-state index contributed by atoms with van der Waals surface area (Å²) in [5.41, 5.74) is 5.36. The number of aromatic amines is 1. The minimum atomic E-state index is -0.686. The second kappa shape index (κ2) is 4.21. The van der Waals surface area contributed by atoms with E-state index < -0.39 is 5.54 Å². The maximum atomic E-state index is 12.0. The van der Waals surface area contributed by atoms with Crippen LogP contribution in [-0.2, 0) is 4.79 Å². The summed E-state index contributed by atoms with van der Waals surface area (Å²) in [6.45, 7) is 1.86. The number of carbonyl (C=O) groups excluding carboxylic acids is 1. The Hall–Kier alpha value is -1.43. The highest BCUT2D eigenvalue weighted by Crippen LogP contribution is 2.27. The fourth-order valence-electron chi connectivity index (χ4n) is 2.07. The molecule has 1 aliphatic carbocycles. The van der Waals surface area contributed by atoms with E-state index in [2.05, 4.69) is 20.5 Å². The molecule has 88 valence electrons. The molecule has 1 aromatic heterocycles. The van der Waals surface area contributed by atoms with Gasteiger partial charge >= 0.3 is 0 Å².